The number of anilines is 1. The van der Waals surface area contributed by atoms with E-state index >= 15 is 0 Å². The number of piperidine rings is 1. The first-order chi connectivity index (χ1) is 14.6. The Morgan fingerprint density at radius 1 is 1.30 bits per heavy atom. The van der Waals surface area contributed by atoms with Crippen molar-refractivity contribution in [3.05, 3.63) is 24.8 Å². The van der Waals surface area contributed by atoms with E-state index in [1.165, 1.54) is 12.8 Å². The molecule has 8 heteroatoms. The fraction of sp³-hybridized carbons (Fsp3) is 0.636. The normalized spacial score (nSPS) is 29.7. The number of alkyl halides is 1. The van der Waals surface area contributed by atoms with Gasteiger partial charge < -0.3 is 15.2 Å². The number of hydrogen-bond donors (Lipinski definition) is 2. The fourth-order valence-corrected chi connectivity index (χ4v) is 5.30. The van der Waals surface area contributed by atoms with Gasteiger partial charge in [-0.25, -0.2) is 15.0 Å². The summed E-state index contributed by atoms with van der Waals surface area (Å²) in [7, 11) is 0. The van der Waals surface area contributed by atoms with E-state index in [4.69, 9.17) is 16.6 Å². The summed E-state index contributed by atoms with van der Waals surface area (Å²) >= 11 is 6.39. The molecule has 160 valence electrons. The third-order valence-corrected chi connectivity index (χ3v) is 7.28. The molecule has 5 atom stereocenters. The van der Waals surface area contributed by atoms with Gasteiger partial charge in [0.2, 0.25) is 11.9 Å². The van der Waals surface area contributed by atoms with Crippen molar-refractivity contribution in [3.8, 4) is 11.4 Å². The van der Waals surface area contributed by atoms with Gasteiger partial charge in [-0.1, -0.05) is 0 Å². The molecule has 2 aromatic heterocycles. The summed E-state index contributed by atoms with van der Waals surface area (Å²) in [5.41, 5.74) is 1.86. The molecule has 2 N–H and O–H groups in total. The average Bonchev–Trinajstić information content (AvgIpc) is 3.42. The summed E-state index contributed by atoms with van der Waals surface area (Å²) in [6.45, 7) is 3.03. The Morgan fingerprint density at radius 3 is 3.00 bits per heavy atom. The van der Waals surface area contributed by atoms with Gasteiger partial charge in [0.05, 0.1) is 29.8 Å². The third-order valence-electron chi connectivity index (χ3n) is 6.88. The minimum atomic E-state index is -0.110. The molecular weight excluding hydrogens is 400 g/mol. The van der Waals surface area contributed by atoms with Crippen LogP contribution in [0.3, 0.4) is 0 Å². The van der Waals surface area contributed by atoms with Crippen LogP contribution in [0.4, 0.5) is 5.95 Å². The van der Waals surface area contributed by atoms with Crippen LogP contribution in [0, 0.1) is 17.8 Å². The molecule has 3 fully saturated rings. The van der Waals surface area contributed by atoms with Crippen molar-refractivity contribution in [2.24, 2.45) is 17.8 Å². The molecule has 1 aliphatic heterocycles. The Balaban J connectivity index is 1.28. The van der Waals surface area contributed by atoms with Crippen molar-refractivity contribution in [2.75, 3.05) is 5.32 Å². The number of carbonyl (C=O) groups is 1. The number of carbonyl (C=O) groups excluding carboxylic acids is 1. The van der Waals surface area contributed by atoms with Crippen LogP contribution in [0.1, 0.15) is 45.4 Å². The van der Waals surface area contributed by atoms with E-state index in [-0.39, 0.29) is 29.3 Å². The molecule has 30 heavy (non-hydrogen) atoms. The molecule has 7 nitrogen and oxygen atoms in total. The van der Waals surface area contributed by atoms with Gasteiger partial charge >= 0.3 is 0 Å². The summed E-state index contributed by atoms with van der Waals surface area (Å²) < 4.78 is 2.17. The first-order valence-electron chi connectivity index (χ1n) is 11.1. The van der Waals surface area contributed by atoms with Crippen LogP contribution < -0.4 is 10.6 Å². The summed E-state index contributed by atoms with van der Waals surface area (Å²) in [4.78, 5) is 26.2. The van der Waals surface area contributed by atoms with Crippen molar-refractivity contribution in [1.82, 2.24) is 24.8 Å². The van der Waals surface area contributed by atoms with Gasteiger partial charge in [-0.05, 0) is 63.4 Å². The Morgan fingerprint density at radius 2 is 2.17 bits per heavy atom. The van der Waals surface area contributed by atoms with Crippen LogP contribution in [0.5, 0.6) is 0 Å². The van der Waals surface area contributed by atoms with E-state index in [0.717, 1.165) is 49.5 Å². The van der Waals surface area contributed by atoms with Gasteiger partial charge in [-0.2, -0.15) is 0 Å². The standard InChI is InChI=1S/C22H29ClN6O/c1-13(17-9-15-8-16(23)4-5-18(15)27-21(17)30)26-22-25-7-6-19(28-22)20-10-24-12-29(20)11-14-2-3-14/h6-7,10,12-18H,2-5,8-9,11H2,1H3,(H,27,30)(H,25,26,28)/t13-,15?,16?,17?,18?/m0/s1. The number of imidazole rings is 1. The topological polar surface area (TPSA) is 84.7 Å². The van der Waals surface area contributed by atoms with E-state index in [1.807, 2.05) is 25.5 Å². The van der Waals surface area contributed by atoms with Crippen LogP contribution in [0.2, 0.25) is 0 Å². The molecule has 1 amide bonds. The Bertz CT molecular complexity index is 913. The molecule has 2 aromatic rings. The largest absolute Gasteiger partial charge is 0.353 e. The predicted octanol–water partition coefficient (Wildman–Crippen LogP) is 3.46. The van der Waals surface area contributed by atoms with Gasteiger partial charge in [-0.3, -0.25) is 4.79 Å². The minimum absolute atomic E-state index is 0.0618. The second kappa shape index (κ2) is 8.17. The van der Waals surface area contributed by atoms with Crippen molar-refractivity contribution in [2.45, 2.75) is 69.5 Å². The highest BCUT2D eigenvalue weighted by molar-refractivity contribution is 6.20. The van der Waals surface area contributed by atoms with E-state index < -0.39 is 0 Å². The van der Waals surface area contributed by atoms with Gasteiger partial charge in [0.25, 0.3) is 0 Å². The van der Waals surface area contributed by atoms with Gasteiger partial charge in [0.15, 0.2) is 0 Å². The Hall–Kier alpha value is -2.15. The molecule has 1 saturated heterocycles. The number of fused-ring (bicyclic) bond motifs is 1. The van der Waals surface area contributed by atoms with E-state index in [0.29, 0.717) is 11.9 Å². The second-order valence-corrected chi connectivity index (χ2v) is 9.82. The number of amides is 1. The lowest BCUT2D eigenvalue weighted by Gasteiger charge is -2.42. The summed E-state index contributed by atoms with van der Waals surface area (Å²) in [6, 6.07) is 2.13. The van der Waals surface area contributed by atoms with Gasteiger partial charge in [0.1, 0.15) is 0 Å². The van der Waals surface area contributed by atoms with Crippen molar-refractivity contribution >= 4 is 23.5 Å². The van der Waals surface area contributed by atoms with Gasteiger partial charge in [0, 0.05) is 30.2 Å². The zero-order valence-corrected chi connectivity index (χ0v) is 18.1. The quantitative estimate of drug-likeness (QED) is 0.688. The SMILES string of the molecule is C[C@H](Nc1nccc(-c2cncn2CC2CC2)n1)C1CC2CC(Cl)CCC2NC1=O. The average molecular weight is 429 g/mol. The highest BCUT2D eigenvalue weighted by Gasteiger charge is 2.41. The number of hydrogen-bond acceptors (Lipinski definition) is 5. The minimum Gasteiger partial charge on any atom is -0.353 e. The maximum Gasteiger partial charge on any atom is 0.225 e. The van der Waals surface area contributed by atoms with E-state index in [1.54, 1.807) is 6.20 Å². The van der Waals surface area contributed by atoms with Crippen molar-refractivity contribution in [3.63, 3.8) is 0 Å². The van der Waals surface area contributed by atoms with Crippen LogP contribution in [0.15, 0.2) is 24.8 Å². The first kappa shape index (κ1) is 19.8. The Labute approximate surface area is 182 Å². The number of nitrogens with one attached hydrogen (secondary N) is 2. The van der Waals surface area contributed by atoms with Crippen LogP contribution in [-0.4, -0.2) is 42.9 Å². The van der Waals surface area contributed by atoms with Crippen molar-refractivity contribution in [1.29, 1.82) is 0 Å². The maximum atomic E-state index is 12.7. The Kier molecular flexibility index (Phi) is 5.39. The van der Waals surface area contributed by atoms with E-state index in [9.17, 15) is 4.79 Å². The smallest absolute Gasteiger partial charge is 0.225 e. The molecule has 4 unspecified atom stereocenters. The lowest BCUT2D eigenvalue weighted by Crippen LogP contribution is -2.55. The molecule has 0 aromatic carbocycles. The zero-order valence-electron chi connectivity index (χ0n) is 17.3. The molecule has 0 radical (unpaired) electrons. The summed E-state index contributed by atoms with van der Waals surface area (Å²) in [5.74, 6) is 1.78. The first-order valence-corrected chi connectivity index (χ1v) is 11.5. The third kappa shape index (κ3) is 4.17. The summed E-state index contributed by atoms with van der Waals surface area (Å²) in [6.07, 6.45) is 11.9. The molecule has 2 saturated carbocycles. The maximum absolute atomic E-state index is 12.7. The lowest BCUT2D eigenvalue weighted by molar-refractivity contribution is -0.130. The molecule has 2 aliphatic carbocycles. The molecule has 0 spiro atoms. The van der Waals surface area contributed by atoms with Crippen LogP contribution >= 0.6 is 11.6 Å². The van der Waals surface area contributed by atoms with Crippen molar-refractivity contribution < 1.29 is 4.79 Å². The fourth-order valence-electron chi connectivity index (χ4n) is 4.94. The van der Waals surface area contributed by atoms with E-state index in [2.05, 4.69) is 25.2 Å². The van der Waals surface area contributed by atoms with Gasteiger partial charge in [-0.15, -0.1) is 11.6 Å². The number of rotatable bonds is 6. The monoisotopic (exact) mass is 428 g/mol. The number of halogens is 1. The van der Waals surface area contributed by atoms with Crippen LogP contribution in [0.25, 0.3) is 11.4 Å². The molecule has 0 bridgehead atoms. The highest BCUT2D eigenvalue weighted by Crippen LogP contribution is 2.37. The zero-order chi connectivity index (χ0) is 20.7. The molecule has 3 aliphatic rings. The highest BCUT2D eigenvalue weighted by atomic mass is 35.5. The second-order valence-electron chi connectivity index (χ2n) is 9.20. The molecule has 5 rings (SSSR count). The number of nitrogens with zero attached hydrogens (tertiary/aromatic N) is 4. The summed E-state index contributed by atoms with van der Waals surface area (Å²) in [5, 5.41) is 6.84. The van der Waals surface area contributed by atoms with Crippen LogP contribution in [-0.2, 0) is 11.3 Å². The lowest BCUT2D eigenvalue weighted by atomic mass is 9.74. The number of aromatic nitrogens is 4. The predicted molar refractivity (Wildman–Crippen MR) is 116 cm³/mol. The molecule has 3 heterocycles. The molecular formula is C22H29ClN6O.